The van der Waals surface area contributed by atoms with Crippen molar-refractivity contribution in [3.63, 3.8) is 0 Å². The standard InChI is InChI=1S/C20H20FNO3/c1-13-12-15(7-10-18(13)25-2)19(23)17-4-3-11-22(17)20(24)14-5-8-16(21)9-6-14/h5-10,12,17H,3-4,11H2,1-2H3. The van der Waals surface area contributed by atoms with Gasteiger partial charge < -0.3 is 9.64 Å². The van der Waals surface area contributed by atoms with Crippen LogP contribution in [0.5, 0.6) is 5.75 Å². The zero-order valence-corrected chi connectivity index (χ0v) is 14.3. The van der Waals surface area contributed by atoms with Gasteiger partial charge >= 0.3 is 0 Å². The second-order valence-electron chi connectivity index (χ2n) is 6.21. The first-order chi connectivity index (χ1) is 12.0. The van der Waals surface area contributed by atoms with Crippen LogP contribution in [0.2, 0.25) is 0 Å². The smallest absolute Gasteiger partial charge is 0.254 e. The fourth-order valence-corrected chi connectivity index (χ4v) is 3.26. The average molecular weight is 341 g/mol. The van der Waals surface area contributed by atoms with E-state index < -0.39 is 6.04 Å². The predicted molar refractivity (Wildman–Crippen MR) is 92.5 cm³/mol. The maximum absolute atomic E-state index is 13.1. The Morgan fingerprint density at radius 2 is 1.80 bits per heavy atom. The Hall–Kier alpha value is -2.69. The molecule has 5 heteroatoms. The lowest BCUT2D eigenvalue weighted by Gasteiger charge is -2.24. The van der Waals surface area contributed by atoms with Crippen molar-refractivity contribution >= 4 is 11.7 Å². The van der Waals surface area contributed by atoms with Gasteiger partial charge in [-0.2, -0.15) is 0 Å². The molecule has 1 aliphatic heterocycles. The molecular weight excluding hydrogens is 321 g/mol. The number of carbonyl (C=O) groups is 2. The minimum absolute atomic E-state index is 0.0706. The molecule has 25 heavy (non-hydrogen) atoms. The van der Waals surface area contributed by atoms with Gasteiger partial charge in [-0.3, -0.25) is 9.59 Å². The molecule has 1 heterocycles. The minimum Gasteiger partial charge on any atom is -0.496 e. The van der Waals surface area contributed by atoms with Gasteiger partial charge in [0.05, 0.1) is 13.2 Å². The summed E-state index contributed by atoms with van der Waals surface area (Å²) in [7, 11) is 1.59. The second kappa shape index (κ2) is 7.05. The number of rotatable bonds is 4. The van der Waals surface area contributed by atoms with Crippen molar-refractivity contribution in [3.8, 4) is 5.75 Å². The van der Waals surface area contributed by atoms with Crippen LogP contribution < -0.4 is 4.74 Å². The monoisotopic (exact) mass is 341 g/mol. The Morgan fingerprint density at radius 3 is 2.44 bits per heavy atom. The minimum atomic E-state index is -0.481. The van der Waals surface area contributed by atoms with Crippen LogP contribution in [-0.4, -0.2) is 36.3 Å². The molecule has 1 amide bonds. The largest absolute Gasteiger partial charge is 0.496 e. The number of amides is 1. The molecule has 1 fully saturated rings. The number of benzene rings is 2. The molecule has 0 spiro atoms. The zero-order chi connectivity index (χ0) is 18.0. The SMILES string of the molecule is COc1ccc(C(=O)C2CCCN2C(=O)c2ccc(F)cc2)cc1C. The van der Waals surface area contributed by atoms with Crippen molar-refractivity contribution in [1.29, 1.82) is 0 Å². The zero-order valence-electron chi connectivity index (χ0n) is 14.3. The number of aryl methyl sites for hydroxylation is 1. The fourth-order valence-electron chi connectivity index (χ4n) is 3.26. The summed E-state index contributed by atoms with van der Waals surface area (Å²) in [5.74, 6) is 0.0290. The highest BCUT2D eigenvalue weighted by molar-refractivity contribution is 6.04. The number of carbonyl (C=O) groups excluding carboxylic acids is 2. The summed E-state index contributed by atoms with van der Waals surface area (Å²) in [6.07, 6.45) is 1.41. The Kier molecular flexibility index (Phi) is 4.83. The molecule has 1 aliphatic rings. The van der Waals surface area contributed by atoms with Crippen LogP contribution >= 0.6 is 0 Å². The van der Waals surface area contributed by atoms with Crippen molar-refractivity contribution in [3.05, 3.63) is 65.0 Å². The first-order valence-corrected chi connectivity index (χ1v) is 8.26. The van der Waals surface area contributed by atoms with Crippen LogP contribution in [-0.2, 0) is 0 Å². The second-order valence-corrected chi connectivity index (χ2v) is 6.21. The van der Waals surface area contributed by atoms with Crippen LogP contribution in [0, 0.1) is 12.7 Å². The summed E-state index contributed by atoms with van der Waals surface area (Å²) in [5, 5.41) is 0. The molecular formula is C20H20FNO3. The van der Waals surface area contributed by atoms with Crippen LogP contribution in [0.3, 0.4) is 0 Å². The van der Waals surface area contributed by atoms with Gasteiger partial charge in [-0.05, 0) is 67.8 Å². The molecule has 2 aromatic rings. The number of nitrogens with zero attached hydrogens (tertiary/aromatic N) is 1. The predicted octanol–water partition coefficient (Wildman–Crippen LogP) is 3.63. The molecule has 0 aliphatic carbocycles. The number of hydrogen-bond acceptors (Lipinski definition) is 3. The molecule has 0 radical (unpaired) electrons. The van der Waals surface area contributed by atoms with Gasteiger partial charge in [0.1, 0.15) is 11.6 Å². The first kappa shape index (κ1) is 17.1. The quantitative estimate of drug-likeness (QED) is 0.798. The molecule has 0 N–H and O–H groups in total. The molecule has 1 saturated heterocycles. The Morgan fingerprint density at radius 1 is 1.12 bits per heavy atom. The third-order valence-corrected chi connectivity index (χ3v) is 4.59. The van der Waals surface area contributed by atoms with Crippen molar-refractivity contribution < 1.29 is 18.7 Å². The summed E-state index contributed by atoms with van der Waals surface area (Å²) in [6.45, 7) is 2.41. The van der Waals surface area contributed by atoms with E-state index in [1.807, 2.05) is 6.92 Å². The van der Waals surface area contributed by atoms with Gasteiger partial charge in [0.25, 0.3) is 5.91 Å². The van der Waals surface area contributed by atoms with Gasteiger partial charge in [-0.1, -0.05) is 0 Å². The maximum Gasteiger partial charge on any atom is 0.254 e. The lowest BCUT2D eigenvalue weighted by atomic mass is 9.99. The van der Waals surface area contributed by atoms with Gasteiger partial charge in [0.2, 0.25) is 0 Å². The number of hydrogen-bond donors (Lipinski definition) is 0. The summed E-state index contributed by atoms with van der Waals surface area (Å²) < 4.78 is 18.3. The van der Waals surface area contributed by atoms with E-state index in [0.717, 1.165) is 17.7 Å². The van der Waals surface area contributed by atoms with E-state index in [2.05, 4.69) is 0 Å². The number of ketones is 1. The molecule has 1 atom stereocenters. The van der Waals surface area contributed by atoms with Crippen LogP contribution in [0.1, 0.15) is 39.1 Å². The van der Waals surface area contributed by atoms with Crippen molar-refractivity contribution in [2.24, 2.45) is 0 Å². The summed E-state index contributed by atoms with van der Waals surface area (Å²) >= 11 is 0. The van der Waals surface area contributed by atoms with Gasteiger partial charge in [-0.25, -0.2) is 4.39 Å². The molecule has 4 nitrogen and oxygen atoms in total. The Balaban J connectivity index is 1.83. The summed E-state index contributed by atoms with van der Waals surface area (Å²) in [4.78, 5) is 27.2. The van der Waals surface area contributed by atoms with Gasteiger partial charge in [-0.15, -0.1) is 0 Å². The third-order valence-electron chi connectivity index (χ3n) is 4.59. The lowest BCUT2D eigenvalue weighted by molar-refractivity contribution is 0.0671. The van der Waals surface area contributed by atoms with Crippen LogP contribution in [0.25, 0.3) is 0 Å². The Labute approximate surface area is 146 Å². The van der Waals surface area contributed by atoms with Crippen LogP contribution in [0.4, 0.5) is 4.39 Å². The summed E-state index contributed by atoms with van der Waals surface area (Å²) in [5.41, 5.74) is 1.84. The van der Waals surface area contributed by atoms with E-state index in [1.165, 1.54) is 24.3 Å². The number of ether oxygens (including phenoxy) is 1. The van der Waals surface area contributed by atoms with E-state index in [1.54, 1.807) is 30.2 Å². The molecule has 0 bridgehead atoms. The van der Waals surface area contributed by atoms with E-state index in [9.17, 15) is 14.0 Å². The number of methoxy groups -OCH3 is 1. The third kappa shape index (κ3) is 3.40. The molecule has 1 unspecified atom stereocenters. The molecule has 0 aromatic heterocycles. The highest BCUT2D eigenvalue weighted by atomic mass is 19.1. The maximum atomic E-state index is 13.1. The number of likely N-dealkylation sites (tertiary alicyclic amines) is 1. The molecule has 3 rings (SSSR count). The Bertz CT molecular complexity index is 801. The van der Waals surface area contributed by atoms with Crippen molar-refractivity contribution in [2.75, 3.05) is 13.7 Å². The van der Waals surface area contributed by atoms with Crippen molar-refractivity contribution in [1.82, 2.24) is 4.90 Å². The average Bonchev–Trinajstić information content (AvgIpc) is 3.10. The van der Waals surface area contributed by atoms with Crippen molar-refractivity contribution in [2.45, 2.75) is 25.8 Å². The van der Waals surface area contributed by atoms with Gasteiger partial charge in [0.15, 0.2) is 5.78 Å². The fraction of sp³-hybridized carbons (Fsp3) is 0.300. The van der Waals surface area contributed by atoms with Crippen LogP contribution in [0.15, 0.2) is 42.5 Å². The summed E-state index contributed by atoms with van der Waals surface area (Å²) in [6, 6.07) is 10.2. The van der Waals surface area contributed by atoms with E-state index in [-0.39, 0.29) is 17.5 Å². The normalized spacial score (nSPS) is 16.8. The number of halogens is 1. The van der Waals surface area contributed by atoms with Gasteiger partial charge in [0, 0.05) is 17.7 Å². The topological polar surface area (TPSA) is 46.6 Å². The highest BCUT2D eigenvalue weighted by Gasteiger charge is 2.35. The molecule has 0 saturated carbocycles. The lowest BCUT2D eigenvalue weighted by Crippen LogP contribution is -2.40. The first-order valence-electron chi connectivity index (χ1n) is 8.26. The number of Topliss-reactive ketones (excluding diaryl/α,β-unsaturated/α-hetero) is 1. The van der Waals surface area contributed by atoms with E-state index in [4.69, 9.17) is 4.74 Å². The van der Waals surface area contributed by atoms with E-state index in [0.29, 0.717) is 24.1 Å². The van der Waals surface area contributed by atoms with E-state index >= 15 is 0 Å². The molecule has 130 valence electrons. The molecule has 2 aromatic carbocycles. The highest BCUT2D eigenvalue weighted by Crippen LogP contribution is 2.26.